The van der Waals surface area contributed by atoms with Gasteiger partial charge in [-0.15, -0.1) is 0 Å². The summed E-state index contributed by atoms with van der Waals surface area (Å²) in [5, 5.41) is 8.87. The van der Waals surface area contributed by atoms with E-state index in [0.717, 1.165) is 19.3 Å². The van der Waals surface area contributed by atoms with Gasteiger partial charge < -0.3 is 10.0 Å². The van der Waals surface area contributed by atoms with Crippen molar-refractivity contribution in [2.45, 2.75) is 43.0 Å². The molecule has 2 aliphatic rings. The number of rotatable bonds is 5. The van der Waals surface area contributed by atoms with Crippen molar-refractivity contribution >= 4 is 27.7 Å². The van der Waals surface area contributed by atoms with Gasteiger partial charge >= 0.3 is 5.97 Å². The van der Waals surface area contributed by atoms with E-state index in [1.54, 1.807) is 23.1 Å². The fraction of sp³-hybridized carbons (Fsp3) is 0.471. The lowest BCUT2D eigenvalue weighted by atomic mass is 9.98. The number of nitrogens with one attached hydrogen (secondary N) is 1. The summed E-state index contributed by atoms with van der Waals surface area (Å²) in [5.74, 6) is -0.913. The summed E-state index contributed by atoms with van der Waals surface area (Å²) >= 11 is 0. The fourth-order valence-electron chi connectivity index (χ4n) is 3.41. The first-order valence-electron chi connectivity index (χ1n) is 8.56. The second-order valence-corrected chi connectivity index (χ2v) is 8.09. The molecule has 1 fully saturated rings. The number of benzene rings is 1. The zero-order chi connectivity index (χ0) is 18.7. The molecule has 0 bridgehead atoms. The SMILES string of the molecule is O=C(O)CCC1CCCCN1C(=O)CN=C1NS(=O)(=O)c2ccccc21. The zero-order valence-corrected chi connectivity index (χ0v) is 15.0. The number of likely N-dealkylation sites (tertiary alicyclic amines) is 1. The Morgan fingerprint density at radius 2 is 2.04 bits per heavy atom. The Morgan fingerprint density at radius 3 is 2.81 bits per heavy atom. The third-order valence-electron chi connectivity index (χ3n) is 4.67. The van der Waals surface area contributed by atoms with Gasteiger partial charge in [-0.05, 0) is 37.8 Å². The molecule has 1 amide bonds. The van der Waals surface area contributed by atoms with Crippen LogP contribution in [-0.4, -0.2) is 55.3 Å². The summed E-state index contributed by atoms with van der Waals surface area (Å²) in [6.07, 6.45) is 3.07. The molecule has 140 valence electrons. The number of aliphatic imine (C=N–C) groups is 1. The molecular formula is C17H21N3O5S. The van der Waals surface area contributed by atoms with Gasteiger partial charge in [-0.3, -0.25) is 19.3 Å². The van der Waals surface area contributed by atoms with Gasteiger partial charge in [0.05, 0.1) is 4.90 Å². The summed E-state index contributed by atoms with van der Waals surface area (Å²) in [4.78, 5) is 29.4. The third kappa shape index (κ3) is 3.87. The number of carboxylic acid groups (broad SMARTS) is 1. The first kappa shape index (κ1) is 18.4. The number of aliphatic carboxylic acids is 1. The first-order chi connectivity index (χ1) is 12.4. The highest BCUT2D eigenvalue weighted by atomic mass is 32.2. The second kappa shape index (κ2) is 7.45. The summed E-state index contributed by atoms with van der Waals surface area (Å²) in [5.41, 5.74) is 0.460. The number of sulfonamides is 1. The molecule has 1 unspecified atom stereocenters. The molecule has 3 rings (SSSR count). The van der Waals surface area contributed by atoms with Crippen LogP contribution in [0.4, 0.5) is 0 Å². The topological polar surface area (TPSA) is 116 Å². The molecular weight excluding hydrogens is 358 g/mol. The first-order valence-corrected chi connectivity index (χ1v) is 10.0. The zero-order valence-electron chi connectivity index (χ0n) is 14.2. The van der Waals surface area contributed by atoms with Gasteiger partial charge in [0.2, 0.25) is 5.91 Å². The molecule has 0 saturated carbocycles. The van der Waals surface area contributed by atoms with Crippen LogP contribution in [0.3, 0.4) is 0 Å². The van der Waals surface area contributed by atoms with E-state index in [-0.39, 0.29) is 35.6 Å². The van der Waals surface area contributed by atoms with E-state index in [9.17, 15) is 18.0 Å². The molecule has 0 aliphatic carbocycles. The van der Waals surface area contributed by atoms with E-state index >= 15 is 0 Å². The molecule has 26 heavy (non-hydrogen) atoms. The van der Waals surface area contributed by atoms with Crippen molar-refractivity contribution in [2.75, 3.05) is 13.1 Å². The van der Waals surface area contributed by atoms with Crippen LogP contribution in [-0.2, 0) is 19.6 Å². The van der Waals surface area contributed by atoms with E-state index in [0.29, 0.717) is 18.5 Å². The summed E-state index contributed by atoms with van der Waals surface area (Å²) in [6, 6.07) is 6.39. The number of fused-ring (bicyclic) bond motifs is 1. The minimum atomic E-state index is -3.63. The molecule has 0 spiro atoms. The number of amidine groups is 1. The summed E-state index contributed by atoms with van der Waals surface area (Å²) in [7, 11) is -3.63. The largest absolute Gasteiger partial charge is 0.481 e. The number of amides is 1. The number of nitrogens with zero attached hydrogens (tertiary/aromatic N) is 2. The minimum Gasteiger partial charge on any atom is -0.481 e. The Bertz CT molecular complexity index is 850. The lowest BCUT2D eigenvalue weighted by Gasteiger charge is -2.35. The number of carbonyl (C=O) groups is 2. The van der Waals surface area contributed by atoms with Crippen molar-refractivity contribution < 1.29 is 23.1 Å². The maximum Gasteiger partial charge on any atom is 0.303 e. The van der Waals surface area contributed by atoms with Crippen molar-refractivity contribution in [1.82, 2.24) is 9.62 Å². The van der Waals surface area contributed by atoms with Gasteiger partial charge in [0, 0.05) is 24.6 Å². The van der Waals surface area contributed by atoms with Crippen molar-refractivity contribution in [3.05, 3.63) is 29.8 Å². The molecule has 8 nitrogen and oxygen atoms in total. The van der Waals surface area contributed by atoms with Gasteiger partial charge in [0.1, 0.15) is 12.4 Å². The van der Waals surface area contributed by atoms with E-state index in [1.807, 2.05) is 0 Å². The van der Waals surface area contributed by atoms with Gasteiger partial charge in [-0.2, -0.15) is 0 Å². The number of hydrogen-bond acceptors (Lipinski definition) is 5. The normalized spacial score (nSPS) is 22.7. The lowest BCUT2D eigenvalue weighted by molar-refractivity contribution is -0.139. The fourth-order valence-corrected chi connectivity index (χ4v) is 4.66. The van der Waals surface area contributed by atoms with Crippen LogP contribution >= 0.6 is 0 Å². The third-order valence-corrected chi connectivity index (χ3v) is 6.07. The van der Waals surface area contributed by atoms with Crippen LogP contribution in [0.15, 0.2) is 34.2 Å². The maximum absolute atomic E-state index is 12.6. The van der Waals surface area contributed by atoms with E-state index in [4.69, 9.17) is 5.11 Å². The van der Waals surface area contributed by atoms with Crippen LogP contribution in [0.2, 0.25) is 0 Å². The standard InChI is InChI=1S/C17H21N3O5S/c21-15(20-10-4-3-5-12(20)8-9-16(22)23)11-18-17-13-6-1-2-7-14(13)26(24,25)19-17/h1-2,6-7,12H,3-5,8-11H2,(H,18,19)(H,22,23). The van der Waals surface area contributed by atoms with Crippen LogP contribution < -0.4 is 4.72 Å². The smallest absolute Gasteiger partial charge is 0.303 e. The Labute approximate surface area is 152 Å². The average Bonchev–Trinajstić information content (AvgIpc) is 2.89. The van der Waals surface area contributed by atoms with Crippen LogP contribution in [0, 0.1) is 0 Å². The molecule has 1 aromatic carbocycles. The predicted molar refractivity (Wildman–Crippen MR) is 94.4 cm³/mol. The Morgan fingerprint density at radius 1 is 1.27 bits per heavy atom. The number of carbonyl (C=O) groups excluding carboxylic acids is 1. The highest BCUT2D eigenvalue weighted by Gasteiger charge is 2.31. The molecule has 9 heteroatoms. The summed E-state index contributed by atoms with van der Waals surface area (Å²) in [6.45, 7) is 0.409. The van der Waals surface area contributed by atoms with Gasteiger partial charge in [-0.1, -0.05) is 12.1 Å². The Hall–Kier alpha value is -2.42. The molecule has 0 radical (unpaired) electrons. The van der Waals surface area contributed by atoms with Crippen LogP contribution in [0.1, 0.15) is 37.7 Å². The number of carboxylic acids is 1. The Balaban J connectivity index is 1.71. The average molecular weight is 379 g/mol. The molecule has 1 atom stereocenters. The lowest BCUT2D eigenvalue weighted by Crippen LogP contribution is -2.45. The van der Waals surface area contributed by atoms with Crippen molar-refractivity contribution in [3.63, 3.8) is 0 Å². The molecule has 2 heterocycles. The monoisotopic (exact) mass is 379 g/mol. The van der Waals surface area contributed by atoms with E-state index in [2.05, 4.69) is 9.71 Å². The van der Waals surface area contributed by atoms with Gasteiger partial charge in [0.25, 0.3) is 10.0 Å². The summed E-state index contributed by atoms with van der Waals surface area (Å²) < 4.78 is 26.5. The van der Waals surface area contributed by atoms with Crippen LogP contribution in [0.25, 0.3) is 0 Å². The maximum atomic E-state index is 12.6. The highest BCUT2D eigenvalue weighted by Crippen LogP contribution is 2.23. The van der Waals surface area contributed by atoms with Gasteiger partial charge in [0.15, 0.2) is 0 Å². The molecule has 1 saturated heterocycles. The number of hydrogen-bond donors (Lipinski definition) is 2. The molecule has 2 aliphatic heterocycles. The molecule has 0 aromatic heterocycles. The Kier molecular flexibility index (Phi) is 5.26. The van der Waals surface area contributed by atoms with Gasteiger partial charge in [-0.25, -0.2) is 8.42 Å². The molecule has 2 N–H and O–H groups in total. The van der Waals surface area contributed by atoms with Crippen molar-refractivity contribution in [2.24, 2.45) is 4.99 Å². The van der Waals surface area contributed by atoms with E-state index in [1.165, 1.54) is 6.07 Å². The minimum absolute atomic E-state index is 0.0239. The molecule has 1 aromatic rings. The second-order valence-electron chi connectivity index (χ2n) is 6.44. The highest BCUT2D eigenvalue weighted by molar-refractivity contribution is 7.90. The number of piperidine rings is 1. The van der Waals surface area contributed by atoms with Crippen molar-refractivity contribution in [1.29, 1.82) is 0 Å². The predicted octanol–water partition coefficient (Wildman–Crippen LogP) is 0.971. The van der Waals surface area contributed by atoms with Crippen molar-refractivity contribution in [3.8, 4) is 0 Å². The quantitative estimate of drug-likeness (QED) is 0.791. The van der Waals surface area contributed by atoms with E-state index < -0.39 is 16.0 Å². The van der Waals surface area contributed by atoms with Crippen LogP contribution in [0.5, 0.6) is 0 Å².